The molecule has 1 aliphatic rings. The Kier molecular flexibility index (Phi) is 3.23. The highest BCUT2D eigenvalue weighted by Gasteiger charge is 2.34. The normalized spacial score (nSPS) is 18.0. The molecule has 0 aliphatic carbocycles. The lowest BCUT2D eigenvalue weighted by Gasteiger charge is -2.32. The molecule has 0 amide bonds. The van der Waals surface area contributed by atoms with Gasteiger partial charge in [0.25, 0.3) is 5.92 Å². The monoisotopic (exact) mass is 296 g/mol. The Balaban J connectivity index is 1.87. The van der Waals surface area contributed by atoms with E-state index in [9.17, 15) is 13.6 Å². The first-order chi connectivity index (χ1) is 10.00. The number of aromatic amines is 1. The van der Waals surface area contributed by atoms with E-state index in [2.05, 4.69) is 19.9 Å². The van der Waals surface area contributed by atoms with Crippen molar-refractivity contribution in [2.45, 2.75) is 18.8 Å². The highest BCUT2D eigenvalue weighted by molar-refractivity contribution is 6.01. The van der Waals surface area contributed by atoms with Crippen LogP contribution in [0, 0.1) is 0 Å². The second-order valence-electron chi connectivity index (χ2n) is 4.99. The van der Waals surface area contributed by atoms with Crippen molar-refractivity contribution in [3.8, 4) is 0 Å². The van der Waals surface area contributed by atoms with Gasteiger partial charge in [-0.2, -0.15) is 5.10 Å². The molecule has 0 aromatic carbocycles. The highest BCUT2D eigenvalue weighted by Crippen LogP contribution is 2.30. The predicted octanol–water partition coefficient (Wildman–Crippen LogP) is 1.98. The van der Waals surface area contributed by atoms with Gasteiger partial charge in [0.2, 0.25) is 0 Å². The van der Waals surface area contributed by atoms with Crippen molar-refractivity contribution in [3.63, 3.8) is 0 Å². The number of pyridine rings is 1. The number of hydrogen-bond donors (Lipinski definition) is 1. The van der Waals surface area contributed by atoms with Crippen LogP contribution in [0.2, 0.25) is 0 Å². The van der Waals surface area contributed by atoms with Crippen LogP contribution >= 0.6 is 0 Å². The van der Waals surface area contributed by atoms with E-state index < -0.39 is 11.9 Å². The Morgan fingerprint density at radius 3 is 2.81 bits per heavy atom. The van der Waals surface area contributed by atoms with E-state index in [1.165, 1.54) is 13.3 Å². The molecule has 1 saturated heterocycles. The minimum Gasteiger partial charge on any atom is -0.464 e. The maximum atomic E-state index is 13.2. The number of nitrogens with zero attached hydrogens (tertiary/aromatic N) is 3. The lowest BCUT2D eigenvalue weighted by Crippen LogP contribution is -2.39. The lowest BCUT2D eigenvalue weighted by atomic mass is 10.1. The topological polar surface area (TPSA) is 71.1 Å². The zero-order chi connectivity index (χ0) is 15.0. The third kappa shape index (κ3) is 2.53. The summed E-state index contributed by atoms with van der Waals surface area (Å²) in [5, 5.41) is 7.18. The van der Waals surface area contributed by atoms with Gasteiger partial charge in [0.15, 0.2) is 5.69 Å². The van der Waals surface area contributed by atoms with Crippen LogP contribution < -0.4 is 4.90 Å². The molecule has 0 radical (unpaired) electrons. The summed E-state index contributed by atoms with van der Waals surface area (Å²) in [5.41, 5.74) is 0.787. The van der Waals surface area contributed by atoms with Crippen LogP contribution in [0.3, 0.4) is 0 Å². The van der Waals surface area contributed by atoms with Gasteiger partial charge in [0, 0.05) is 38.2 Å². The molecular formula is C13H14F2N4O2. The molecule has 0 bridgehead atoms. The maximum Gasteiger partial charge on any atom is 0.359 e. The Labute approximate surface area is 119 Å². The van der Waals surface area contributed by atoms with Crippen LogP contribution in [-0.4, -0.2) is 47.3 Å². The number of hydrogen-bond acceptors (Lipinski definition) is 5. The number of piperidine rings is 1. The van der Waals surface area contributed by atoms with Crippen molar-refractivity contribution < 1.29 is 18.3 Å². The Bertz CT molecular complexity index is 676. The van der Waals surface area contributed by atoms with E-state index in [1.807, 2.05) is 0 Å². The minimum absolute atomic E-state index is 0.164. The first-order valence-corrected chi connectivity index (χ1v) is 6.55. The average Bonchev–Trinajstić information content (AvgIpc) is 2.89. The van der Waals surface area contributed by atoms with Crippen molar-refractivity contribution in [1.29, 1.82) is 0 Å². The third-order valence-electron chi connectivity index (χ3n) is 3.63. The number of anilines is 1. The second kappa shape index (κ2) is 4.94. The average molecular weight is 296 g/mol. The number of halogens is 2. The minimum atomic E-state index is -2.59. The van der Waals surface area contributed by atoms with Crippen LogP contribution in [-0.2, 0) is 4.74 Å². The molecule has 3 rings (SSSR count). The fourth-order valence-electron chi connectivity index (χ4n) is 2.39. The quantitative estimate of drug-likeness (QED) is 0.858. The predicted molar refractivity (Wildman–Crippen MR) is 71.6 cm³/mol. The van der Waals surface area contributed by atoms with Crippen molar-refractivity contribution >= 4 is 22.7 Å². The van der Waals surface area contributed by atoms with Gasteiger partial charge in [-0.1, -0.05) is 0 Å². The van der Waals surface area contributed by atoms with E-state index in [0.29, 0.717) is 16.7 Å². The van der Waals surface area contributed by atoms with Crippen LogP contribution in [0.15, 0.2) is 12.3 Å². The first-order valence-electron chi connectivity index (χ1n) is 6.55. The zero-order valence-corrected chi connectivity index (χ0v) is 11.4. The summed E-state index contributed by atoms with van der Waals surface area (Å²) >= 11 is 0. The number of ether oxygens (including phenoxy) is 1. The number of nitrogens with one attached hydrogen (secondary N) is 1. The number of H-pyrrole nitrogens is 1. The van der Waals surface area contributed by atoms with Gasteiger partial charge in [-0.25, -0.2) is 18.6 Å². The molecular weight excluding hydrogens is 282 g/mol. The van der Waals surface area contributed by atoms with E-state index in [-0.39, 0.29) is 31.6 Å². The summed E-state index contributed by atoms with van der Waals surface area (Å²) in [7, 11) is 1.28. The van der Waals surface area contributed by atoms with Crippen LogP contribution in [0.5, 0.6) is 0 Å². The number of rotatable bonds is 2. The molecule has 0 saturated carbocycles. The van der Waals surface area contributed by atoms with Crippen LogP contribution in [0.25, 0.3) is 10.9 Å². The number of esters is 1. The highest BCUT2D eigenvalue weighted by atomic mass is 19.3. The number of carbonyl (C=O) groups excluding carboxylic acids is 1. The van der Waals surface area contributed by atoms with Crippen LogP contribution in [0.4, 0.5) is 14.6 Å². The van der Waals surface area contributed by atoms with Crippen molar-refractivity contribution in [3.05, 3.63) is 18.0 Å². The largest absolute Gasteiger partial charge is 0.464 e. The summed E-state index contributed by atoms with van der Waals surface area (Å²) in [6.45, 7) is 0.507. The fraction of sp³-hybridized carbons (Fsp3) is 0.462. The summed E-state index contributed by atoms with van der Waals surface area (Å²) in [6, 6.07) is 1.71. The molecule has 0 atom stereocenters. The molecule has 0 unspecified atom stereocenters. The van der Waals surface area contributed by atoms with E-state index >= 15 is 0 Å². The van der Waals surface area contributed by atoms with Gasteiger partial charge in [0.05, 0.1) is 18.0 Å². The standard InChI is InChI=1S/C13H14F2N4O2/c1-21-12(20)11-8-7-16-10(6-9(8)17-18-11)19-4-2-13(14,15)3-5-19/h6-7H,2-5H2,1H3,(H,17,18). The zero-order valence-electron chi connectivity index (χ0n) is 11.4. The van der Waals surface area contributed by atoms with Gasteiger partial charge in [-0.05, 0) is 0 Å². The van der Waals surface area contributed by atoms with Crippen molar-refractivity contribution in [1.82, 2.24) is 15.2 Å². The third-order valence-corrected chi connectivity index (χ3v) is 3.63. The molecule has 1 N–H and O–H groups in total. The van der Waals surface area contributed by atoms with Gasteiger partial charge in [-0.15, -0.1) is 0 Å². The van der Waals surface area contributed by atoms with E-state index in [0.717, 1.165) is 0 Å². The Hall–Kier alpha value is -2.25. The summed E-state index contributed by atoms with van der Waals surface area (Å²) in [4.78, 5) is 17.6. The van der Waals surface area contributed by atoms with E-state index in [1.54, 1.807) is 11.0 Å². The maximum absolute atomic E-state index is 13.2. The van der Waals surface area contributed by atoms with Gasteiger partial charge in [-0.3, -0.25) is 5.10 Å². The molecule has 0 spiro atoms. The number of carbonyl (C=O) groups is 1. The SMILES string of the molecule is COC(=O)c1n[nH]c2cc(N3CCC(F)(F)CC3)ncc12. The Morgan fingerprint density at radius 1 is 1.43 bits per heavy atom. The fourth-order valence-corrected chi connectivity index (χ4v) is 2.39. The van der Waals surface area contributed by atoms with Gasteiger partial charge >= 0.3 is 5.97 Å². The second-order valence-corrected chi connectivity index (χ2v) is 4.99. The molecule has 112 valence electrons. The van der Waals surface area contributed by atoms with Gasteiger partial charge < -0.3 is 9.64 Å². The molecule has 3 heterocycles. The number of aromatic nitrogens is 3. The molecule has 21 heavy (non-hydrogen) atoms. The van der Waals surface area contributed by atoms with E-state index in [4.69, 9.17) is 0 Å². The molecule has 6 nitrogen and oxygen atoms in total. The molecule has 1 aliphatic heterocycles. The summed E-state index contributed by atoms with van der Waals surface area (Å²) in [6.07, 6.45) is 1.15. The smallest absolute Gasteiger partial charge is 0.359 e. The molecule has 2 aromatic heterocycles. The molecule has 1 fully saturated rings. The Morgan fingerprint density at radius 2 is 2.14 bits per heavy atom. The van der Waals surface area contributed by atoms with Crippen molar-refractivity contribution in [2.75, 3.05) is 25.1 Å². The molecule has 8 heteroatoms. The number of methoxy groups -OCH3 is 1. The number of alkyl halides is 2. The summed E-state index contributed by atoms with van der Waals surface area (Å²) < 4.78 is 31.0. The lowest BCUT2D eigenvalue weighted by molar-refractivity contribution is -0.0221. The van der Waals surface area contributed by atoms with Crippen molar-refractivity contribution in [2.24, 2.45) is 0 Å². The molecule has 2 aromatic rings. The van der Waals surface area contributed by atoms with Gasteiger partial charge in [0.1, 0.15) is 5.82 Å². The van der Waals surface area contributed by atoms with Crippen LogP contribution in [0.1, 0.15) is 23.3 Å². The first kappa shape index (κ1) is 13.7. The number of fused-ring (bicyclic) bond motifs is 1. The summed E-state index contributed by atoms with van der Waals surface area (Å²) in [5.74, 6) is -2.54.